The van der Waals surface area contributed by atoms with E-state index in [2.05, 4.69) is 143 Å². The van der Waals surface area contributed by atoms with Gasteiger partial charge in [-0.25, -0.2) is 0 Å². The number of hydrogen-bond donors (Lipinski definition) is 0. The summed E-state index contributed by atoms with van der Waals surface area (Å²) >= 11 is 5.78. The second-order valence-corrected chi connectivity index (χ2v) is 14.8. The molecule has 1 aliphatic rings. The van der Waals surface area contributed by atoms with Crippen molar-refractivity contribution in [1.82, 2.24) is 0 Å². The number of halogens is 1. The van der Waals surface area contributed by atoms with E-state index in [4.69, 9.17) is 0 Å². The predicted octanol–water partition coefficient (Wildman–Crippen LogP) is 6.14. The van der Waals surface area contributed by atoms with Gasteiger partial charge >= 0.3 is 0 Å². The molecule has 170 valence electrons. The van der Waals surface area contributed by atoms with Crippen LogP contribution in [0.3, 0.4) is 0 Å². The van der Waals surface area contributed by atoms with Crippen molar-refractivity contribution in [2.45, 2.75) is 11.3 Å². The molecule has 0 atom stereocenters. The van der Waals surface area contributed by atoms with E-state index >= 15 is 0 Å². The minimum Gasteiger partial charge on any atom is -0.125 e. The van der Waals surface area contributed by atoms with Gasteiger partial charge in [-0.05, 0) is 56.0 Å². The van der Waals surface area contributed by atoms with E-state index in [0.717, 1.165) is 10.9 Å². The third-order valence-electron chi connectivity index (χ3n) is 6.99. The Labute approximate surface area is 221 Å². The van der Waals surface area contributed by atoms with Gasteiger partial charge in [0.2, 0.25) is 0 Å². The van der Waals surface area contributed by atoms with Gasteiger partial charge in [-0.3, -0.25) is 0 Å². The van der Waals surface area contributed by atoms with Crippen LogP contribution in [0.4, 0.5) is 0 Å². The zero-order valence-electron chi connectivity index (χ0n) is 19.3. The van der Waals surface area contributed by atoms with Gasteiger partial charge in [0.15, 0.2) is 8.07 Å². The van der Waals surface area contributed by atoms with Crippen molar-refractivity contribution in [1.29, 1.82) is 0 Å². The van der Waals surface area contributed by atoms with Gasteiger partial charge in [0.05, 0.1) is 0 Å². The molecule has 0 aliphatic carbocycles. The van der Waals surface area contributed by atoms with Crippen molar-refractivity contribution in [2.24, 2.45) is 0 Å². The molecule has 5 aromatic carbocycles. The molecule has 35 heavy (non-hydrogen) atoms. The smallest absolute Gasteiger partial charge is 0.125 e. The van der Waals surface area contributed by atoms with Crippen LogP contribution in [0, 0.1) is 0 Å². The molecule has 0 saturated heterocycles. The molecule has 0 unspecified atom stereocenters. The molecular formula is C32H25BrSSi. The molecule has 1 aliphatic heterocycles. The molecule has 0 amide bonds. The van der Waals surface area contributed by atoms with Crippen LogP contribution in [0.15, 0.2) is 137 Å². The largest absolute Gasteiger partial charge is 0.179 e. The Morgan fingerprint density at radius 2 is 1.17 bits per heavy atom. The maximum absolute atomic E-state index is 3.78. The summed E-state index contributed by atoms with van der Waals surface area (Å²) in [7, 11) is -2.56. The third-order valence-corrected chi connectivity index (χ3v) is 13.4. The Morgan fingerprint density at radius 3 is 1.86 bits per heavy atom. The van der Waals surface area contributed by atoms with Crippen molar-refractivity contribution in [3.63, 3.8) is 0 Å². The number of thioether (sulfide) groups is 1. The molecule has 0 N–H and O–H groups in total. The molecule has 0 saturated carbocycles. The second kappa shape index (κ2) is 9.66. The predicted molar refractivity (Wildman–Crippen MR) is 158 cm³/mol. The van der Waals surface area contributed by atoms with Crippen LogP contribution in [0.2, 0.25) is 0 Å². The van der Waals surface area contributed by atoms with Gasteiger partial charge in [0, 0.05) is 15.1 Å². The van der Waals surface area contributed by atoms with Crippen LogP contribution in [0.25, 0.3) is 11.1 Å². The highest BCUT2D eigenvalue weighted by Crippen LogP contribution is 2.39. The molecule has 0 bridgehead atoms. The first-order valence-corrected chi connectivity index (χ1v) is 15.8. The standard InChI is InChI=1S/C32H25BrSSi/c33-26-12-9-18-30(23-26)35(27-13-3-1-4-14-27,28-15-5-2-6-16-28)29-17-7-11-25(22-29)31-19-8-10-24-20-21-34-32(24)31/h1-19,22-23H,20-21H2. The van der Waals surface area contributed by atoms with E-state index in [9.17, 15) is 0 Å². The van der Waals surface area contributed by atoms with Crippen molar-refractivity contribution >= 4 is 56.5 Å². The first-order valence-electron chi connectivity index (χ1n) is 12.0. The Balaban J connectivity index is 1.67. The normalized spacial score (nSPS) is 12.9. The van der Waals surface area contributed by atoms with E-state index in [1.165, 1.54) is 48.1 Å². The van der Waals surface area contributed by atoms with Gasteiger partial charge < -0.3 is 0 Å². The molecule has 1 heterocycles. The number of benzene rings is 5. The zero-order valence-corrected chi connectivity index (χ0v) is 22.7. The van der Waals surface area contributed by atoms with Crippen LogP contribution in [-0.4, -0.2) is 13.8 Å². The van der Waals surface area contributed by atoms with E-state index in [0.29, 0.717) is 0 Å². The van der Waals surface area contributed by atoms with Crippen molar-refractivity contribution in [2.75, 3.05) is 5.75 Å². The number of aryl methyl sites for hydroxylation is 1. The van der Waals surface area contributed by atoms with Crippen LogP contribution in [0.1, 0.15) is 5.56 Å². The fourth-order valence-corrected chi connectivity index (χ4v) is 12.1. The molecule has 0 fully saturated rings. The van der Waals surface area contributed by atoms with Gasteiger partial charge in [0.1, 0.15) is 0 Å². The molecule has 0 radical (unpaired) electrons. The van der Waals surface area contributed by atoms with Gasteiger partial charge in [0.25, 0.3) is 0 Å². The monoisotopic (exact) mass is 548 g/mol. The topological polar surface area (TPSA) is 0 Å². The summed E-state index contributed by atoms with van der Waals surface area (Å²) in [6.07, 6.45) is 1.16. The summed E-state index contributed by atoms with van der Waals surface area (Å²) < 4.78 is 1.12. The Kier molecular flexibility index (Phi) is 6.23. The first-order chi connectivity index (χ1) is 17.3. The molecule has 0 spiro atoms. The van der Waals surface area contributed by atoms with Crippen LogP contribution in [0.5, 0.6) is 0 Å². The number of hydrogen-bond acceptors (Lipinski definition) is 1. The summed E-state index contributed by atoms with van der Waals surface area (Å²) in [5.74, 6) is 1.18. The molecule has 0 aromatic heterocycles. The quantitative estimate of drug-likeness (QED) is 0.188. The summed E-state index contributed by atoms with van der Waals surface area (Å²) in [6, 6.07) is 47.4. The fourth-order valence-electron chi connectivity index (χ4n) is 5.46. The number of fused-ring (bicyclic) bond motifs is 1. The fraction of sp³-hybridized carbons (Fsp3) is 0.0625. The molecule has 3 heteroatoms. The highest BCUT2D eigenvalue weighted by Gasteiger charge is 2.41. The summed E-state index contributed by atoms with van der Waals surface area (Å²) in [6.45, 7) is 0. The molecule has 6 rings (SSSR count). The van der Waals surface area contributed by atoms with Crippen molar-refractivity contribution in [3.8, 4) is 11.1 Å². The minimum atomic E-state index is -2.56. The third kappa shape index (κ3) is 4.02. The lowest BCUT2D eigenvalue weighted by atomic mass is 10.0. The van der Waals surface area contributed by atoms with Gasteiger partial charge in [-0.2, -0.15) is 0 Å². The number of rotatable bonds is 5. The molecular weight excluding hydrogens is 524 g/mol. The van der Waals surface area contributed by atoms with Crippen molar-refractivity contribution in [3.05, 3.63) is 137 Å². The summed E-state index contributed by atoms with van der Waals surface area (Å²) in [5.41, 5.74) is 4.16. The Morgan fingerprint density at radius 1 is 0.571 bits per heavy atom. The molecule has 0 nitrogen and oxygen atoms in total. The van der Waals surface area contributed by atoms with Gasteiger partial charge in [-0.15, -0.1) is 11.8 Å². The van der Waals surface area contributed by atoms with Crippen LogP contribution < -0.4 is 20.7 Å². The average molecular weight is 550 g/mol. The van der Waals surface area contributed by atoms with E-state index < -0.39 is 8.07 Å². The van der Waals surface area contributed by atoms with Crippen molar-refractivity contribution < 1.29 is 0 Å². The summed E-state index contributed by atoms with van der Waals surface area (Å²) in [5, 5.41) is 5.59. The molecule has 5 aromatic rings. The summed E-state index contributed by atoms with van der Waals surface area (Å²) in [4.78, 5) is 1.46. The highest BCUT2D eigenvalue weighted by atomic mass is 79.9. The van der Waals surface area contributed by atoms with Gasteiger partial charge in [-0.1, -0.05) is 131 Å². The Bertz CT molecular complexity index is 1440. The maximum atomic E-state index is 3.78. The highest BCUT2D eigenvalue weighted by molar-refractivity contribution is 9.10. The van der Waals surface area contributed by atoms with E-state index in [1.54, 1.807) is 0 Å². The second-order valence-electron chi connectivity index (χ2n) is 8.97. The average Bonchev–Trinajstić information content (AvgIpc) is 3.40. The Hall–Kier alpha value is -2.85. The minimum absolute atomic E-state index is 1.12. The SMILES string of the molecule is Brc1cccc([Si](c2ccccc2)(c2ccccc2)c2cccc(-c3cccc4c3SCC4)c2)c1. The zero-order chi connectivity index (χ0) is 23.7. The van der Waals surface area contributed by atoms with E-state index in [1.807, 2.05) is 11.8 Å². The van der Waals surface area contributed by atoms with E-state index in [-0.39, 0.29) is 0 Å². The maximum Gasteiger partial charge on any atom is 0.179 e. The van der Waals surface area contributed by atoms with Crippen LogP contribution in [-0.2, 0) is 6.42 Å². The lowest BCUT2D eigenvalue weighted by molar-refractivity contribution is 1.15. The first kappa shape index (κ1) is 22.6. The lowest BCUT2D eigenvalue weighted by Gasteiger charge is -2.35. The lowest BCUT2D eigenvalue weighted by Crippen LogP contribution is -2.74. The van der Waals surface area contributed by atoms with Crippen LogP contribution >= 0.6 is 27.7 Å².